The Balaban J connectivity index is 2.53. The van der Waals surface area contributed by atoms with E-state index in [4.69, 9.17) is 4.74 Å². The standard InChI is InChI=1S/C20H24INO4S/c1-4-26-20(23)13-17(15-9-5-7-11-18(15)21)16-10-6-8-12-19(16)22-27(24,25)14(2)3/h5-12,14,17,22H,4,13H2,1-3H3/t17-/m1/s1. The molecule has 2 aromatic rings. The van der Waals surface area contributed by atoms with Crippen molar-refractivity contribution in [2.24, 2.45) is 0 Å². The average molecular weight is 501 g/mol. The molecule has 1 atom stereocenters. The Kier molecular flexibility index (Phi) is 7.67. The molecule has 0 spiro atoms. The Morgan fingerprint density at radius 1 is 1.07 bits per heavy atom. The molecule has 0 bridgehead atoms. The van der Waals surface area contributed by atoms with Gasteiger partial charge in [-0.25, -0.2) is 8.42 Å². The summed E-state index contributed by atoms with van der Waals surface area (Å²) >= 11 is 2.23. The third-order valence-corrected chi connectivity index (χ3v) is 6.89. The topological polar surface area (TPSA) is 72.5 Å². The number of hydrogen-bond donors (Lipinski definition) is 1. The molecule has 0 fully saturated rings. The predicted molar refractivity (Wildman–Crippen MR) is 116 cm³/mol. The van der Waals surface area contributed by atoms with Gasteiger partial charge in [-0.15, -0.1) is 0 Å². The first-order valence-electron chi connectivity index (χ1n) is 8.76. The van der Waals surface area contributed by atoms with Crippen LogP contribution in [0.2, 0.25) is 0 Å². The lowest BCUT2D eigenvalue weighted by molar-refractivity contribution is -0.143. The number of nitrogens with one attached hydrogen (secondary N) is 1. The molecule has 146 valence electrons. The Labute approximate surface area is 174 Å². The van der Waals surface area contributed by atoms with Gasteiger partial charge in [-0.3, -0.25) is 9.52 Å². The van der Waals surface area contributed by atoms with Crippen LogP contribution in [-0.4, -0.2) is 26.2 Å². The van der Waals surface area contributed by atoms with Crippen molar-refractivity contribution >= 4 is 44.3 Å². The van der Waals surface area contributed by atoms with Gasteiger partial charge < -0.3 is 4.74 Å². The number of anilines is 1. The highest BCUT2D eigenvalue weighted by molar-refractivity contribution is 14.1. The van der Waals surface area contributed by atoms with E-state index in [1.54, 1.807) is 32.9 Å². The van der Waals surface area contributed by atoms with Crippen molar-refractivity contribution in [3.63, 3.8) is 0 Å². The van der Waals surface area contributed by atoms with Crippen molar-refractivity contribution in [3.8, 4) is 0 Å². The minimum absolute atomic E-state index is 0.133. The number of sulfonamides is 1. The first-order chi connectivity index (χ1) is 12.8. The zero-order valence-electron chi connectivity index (χ0n) is 15.6. The van der Waals surface area contributed by atoms with Crippen LogP contribution in [0.15, 0.2) is 48.5 Å². The normalized spacial score (nSPS) is 12.6. The Bertz CT molecular complexity index is 896. The molecule has 27 heavy (non-hydrogen) atoms. The van der Waals surface area contributed by atoms with E-state index in [9.17, 15) is 13.2 Å². The molecule has 2 aromatic carbocycles. The average Bonchev–Trinajstić information content (AvgIpc) is 2.61. The van der Waals surface area contributed by atoms with E-state index >= 15 is 0 Å². The van der Waals surface area contributed by atoms with Crippen molar-refractivity contribution < 1.29 is 17.9 Å². The summed E-state index contributed by atoms with van der Waals surface area (Å²) in [5.41, 5.74) is 2.20. The zero-order chi connectivity index (χ0) is 20.0. The van der Waals surface area contributed by atoms with Crippen LogP contribution < -0.4 is 4.72 Å². The molecular formula is C20H24INO4S. The highest BCUT2D eigenvalue weighted by Crippen LogP contribution is 2.36. The van der Waals surface area contributed by atoms with Gasteiger partial charge in [0.1, 0.15) is 0 Å². The fourth-order valence-electron chi connectivity index (χ4n) is 2.70. The number of benzene rings is 2. The smallest absolute Gasteiger partial charge is 0.306 e. The number of halogens is 1. The highest BCUT2D eigenvalue weighted by atomic mass is 127. The molecule has 0 saturated carbocycles. The number of esters is 1. The van der Waals surface area contributed by atoms with Crippen LogP contribution in [0.3, 0.4) is 0 Å². The van der Waals surface area contributed by atoms with Gasteiger partial charge in [0.05, 0.1) is 24.0 Å². The summed E-state index contributed by atoms with van der Waals surface area (Å²) in [6, 6.07) is 15.0. The minimum atomic E-state index is -3.51. The van der Waals surface area contributed by atoms with E-state index in [0.717, 1.165) is 14.7 Å². The monoisotopic (exact) mass is 501 g/mol. The lowest BCUT2D eigenvalue weighted by Gasteiger charge is -2.22. The van der Waals surface area contributed by atoms with E-state index in [0.29, 0.717) is 12.3 Å². The predicted octanol–water partition coefficient (Wildman–Crippen LogP) is 4.53. The molecule has 1 N–H and O–H groups in total. The first kappa shape index (κ1) is 21.7. The maximum atomic E-state index is 12.4. The number of rotatable bonds is 8. The highest BCUT2D eigenvalue weighted by Gasteiger charge is 2.25. The van der Waals surface area contributed by atoms with Crippen molar-refractivity contribution in [2.75, 3.05) is 11.3 Å². The van der Waals surface area contributed by atoms with Crippen LogP contribution in [-0.2, 0) is 19.6 Å². The number of para-hydroxylation sites is 1. The molecular weight excluding hydrogens is 477 g/mol. The molecule has 0 aliphatic heterocycles. The van der Waals surface area contributed by atoms with Crippen molar-refractivity contribution in [1.82, 2.24) is 0 Å². The van der Waals surface area contributed by atoms with Gasteiger partial charge in [0.15, 0.2) is 0 Å². The number of carbonyl (C=O) groups excluding carboxylic acids is 1. The molecule has 0 unspecified atom stereocenters. The molecule has 0 saturated heterocycles. The van der Waals surface area contributed by atoms with Crippen molar-refractivity contribution in [3.05, 3.63) is 63.2 Å². The third-order valence-electron chi connectivity index (χ3n) is 4.17. The lowest BCUT2D eigenvalue weighted by Crippen LogP contribution is -2.24. The van der Waals surface area contributed by atoms with Crippen LogP contribution in [0.25, 0.3) is 0 Å². The second kappa shape index (κ2) is 9.54. The van der Waals surface area contributed by atoms with E-state index in [-0.39, 0.29) is 18.3 Å². The minimum Gasteiger partial charge on any atom is -0.466 e. The molecule has 0 aliphatic rings. The van der Waals surface area contributed by atoms with E-state index in [1.165, 1.54) is 0 Å². The van der Waals surface area contributed by atoms with Gasteiger partial charge in [-0.2, -0.15) is 0 Å². The Hall–Kier alpha value is -1.61. The van der Waals surface area contributed by atoms with Crippen molar-refractivity contribution in [2.45, 2.75) is 38.4 Å². The molecule has 5 nitrogen and oxygen atoms in total. The van der Waals surface area contributed by atoms with Crippen LogP contribution in [0.5, 0.6) is 0 Å². The Morgan fingerprint density at radius 2 is 1.67 bits per heavy atom. The zero-order valence-corrected chi connectivity index (χ0v) is 18.6. The number of carbonyl (C=O) groups is 1. The maximum absolute atomic E-state index is 12.4. The molecule has 7 heteroatoms. The van der Waals surface area contributed by atoms with E-state index in [2.05, 4.69) is 27.3 Å². The summed E-state index contributed by atoms with van der Waals surface area (Å²) in [7, 11) is -3.51. The van der Waals surface area contributed by atoms with Crippen LogP contribution >= 0.6 is 22.6 Å². The van der Waals surface area contributed by atoms with E-state index < -0.39 is 15.3 Å². The largest absolute Gasteiger partial charge is 0.466 e. The summed E-state index contributed by atoms with van der Waals surface area (Å²) in [4.78, 5) is 12.3. The van der Waals surface area contributed by atoms with E-state index in [1.807, 2.05) is 36.4 Å². The van der Waals surface area contributed by atoms with Gasteiger partial charge in [-0.1, -0.05) is 36.4 Å². The van der Waals surface area contributed by atoms with Gasteiger partial charge >= 0.3 is 5.97 Å². The second-order valence-electron chi connectivity index (χ2n) is 6.37. The molecule has 0 amide bonds. The maximum Gasteiger partial charge on any atom is 0.306 e. The molecule has 0 heterocycles. The van der Waals surface area contributed by atoms with Crippen LogP contribution in [0.4, 0.5) is 5.69 Å². The fraction of sp³-hybridized carbons (Fsp3) is 0.350. The van der Waals surface area contributed by atoms with Gasteiger partial charge in [0.25, 0.3) is 0 Å². The number of ether oxygens (including phenoxy) is 1. The first-order valence-corrected chi connectivity index (χ1v) is 11.4. The lowest BCUT2D eigenvalue weighted by atomic mass is 9.87. The molecule has 2 rings (SSSR count). The fourth-order valence-corrected chi connectivity index (χ4v) is 4.19. The van der Waals surface area contributed by atoms with Crippen LogP contribution in [0, 0.1) is 3.57 Å². The second-order valence-corrected chi connectivity index (χ2v) is 9.77. The Morgan fingerprint density at radius 3 is 2.26 bits per heavy atom. The summed E-state index contributed by atoms with van der Waals surface area (Å²) < 4.78 is 33.6. The quantitative estimate of drug-likeness (QED) is 0.427. The van der Waals surface area contributed by atoms with Crippen LogP contribution in [0.1, 0.15) is 44.2 Å². The third kappa shape index (κ3) is 5.68. The van der Waals surface area contributed by atoms with Gasteiger partial charge in [0, 0.05) is 9.49 Å². The number of hydrogen-bond acceptors (Lipinski definition) is 4. The molecule has 0 radical (unpaired) electrons. The van der Waals surface area contributed by atoms with Gasteiger partial charge in [0.2, 0.25) is 10.0 Å². The summed E-state index contributed by atoms with van der Waals surface area (Å²) in [5, 5.41) is -0.564. The van der Waals surface area contributed by atoms with Crippen molar-refractivity contribution in [1.29, 1.82) is 0 Å². The SMILES string of the molecule is CCOC(=O)C[C@H](c1ccccc1I)c1ccccc1NS(=O)(=O)C(C)C. The summed E-state index contributed by atoms with van der Waals surface area (Å²) in [5.74, 6) is -0.633. The summed E-state index contributed by atoms with van der Waals surface area (Å²) in [6.45, 7) is 5.32. The van der Waals surface area contributed by atoms with Gasteiger partial charge in [-0.05, 0) is 66.6 Å². The molecule has 0 aliphatic carbocycles. The summed E-state index contributed by atoms with van der Waals surface area (Å²) in [6.07, 6.45) is 0.133. The molecule has 0 aromatic heterocycles.